The fraction of sp³-hybridized carbons (Fsp3) is 0.407. The minimum atomic E-state index is -0.975. The molecule has 0 saturated carbocycles. The first kappa shape index (κ1) is 27.0. The first-order valence-electron chi connectivity index (χ1n) is 12.1. The number of piperidine rings is 1. The van der Waals surface area contributed by atoms with Crippen LogP contribution < -0.4 is 9.47 Å². The van der Waals surface area contributed by atoms with Gasteiger partial charge in [0.25, 0.3) is 0 Å². The highest BCUT2D eigenvalue weighted by Crippen LogP contribution is 2.41. The maximum absolute atomic E-state index is 13.3. The largest absolute Gasteiger partial charge is 0.497 e. The second kappa shape index (κ2) is 11.6. The molecule has 3 aromatic rings. The van der Waals surface area contributed by atoms with Crippen molar-refractivity contribution in [3.05, 3.63) is 64.8 Å². The van der Waals surface area contributed by atoms with Crippen LogP contribution >= 0.6 is 11.6 Å². The zero-order valence-corrected chi connectivity index (χ0v) is 21.2. The van der Waals surface area contributed by atoms with E-state index in [2.05, 4.69) is 9.88 Å². The summed E-state index contributed by atoms with van der Waals surface area (Å²) in [4.78, 5) is 18.7. The molecule has 1 fully saturated rings. The number of aliphatic hydroxyl groups excluding tert-OH is 1. The van der Waals surface area contributed by atoms with E-state index in [9.17, 15) is 23.8 Å². The van der Waals surface area contributed by atoms with Crippen molar-refractivity contribution >= 4 is 28.5 Å². The molecule has 0 amide bonds. The van der Waals surface area contributed by atoms with Crippen molar-refractivity contribution < 1.29 is 33.3 Å². The van der Waals surface area contributed by atoms with Crippen molar-refractivity contribution in [2.24, 2.45) is 5.41 Å². The van der Waals surface area contributed by atoms with Gasteiger partial charge in [-0.25, -0.2) is 8.78 Å². The number of hydrogen-bond donors (Lipinski definition) is 2. The number of aliphatic carboxylic acids is 1. The first-order valence-corrected chi connectivity index (χ1v) is 12.4. The quantitative estimate of drug-likeness (QED) is 0.368. The number of pyridine rings is 1. The number of halogens is 3. The maximum atomic E-state index is 13.3. The third-order valence-corrected chi connectivity index (χ3v) is 7.38. The van der Waals surface area contributed by atoms with Gasteiger partial charge in [0.15, 0.2) is 0 Å². The predicted molar refractivity (Wildman–Crippen MR) is 135 cm³/mol. The minimum Gasteiger partial charge on any atom is -0.497 e. The molecule has 0 spiro atoms. The van der Waals surface area contributed by atoms with Crippen molar-refractivity contribution in [1.82, 2.24) is 9.88 Å². The van der Waals surface area contributed by atoms with Crippen LogP contribution in [-0.2, 0) is 4.79 Å². The lowest BCUT2D eigenvalue weighted by Gasteiger charge is -2.39. The highest BCUT2D eigenvalue weighted by Gasteiger charge is 2.41. The predicted octanol–water partition coefficient (Wildman–Crippen LogP) is 5.23. The number of aliphatic hydroxyl groups is 1. The highest BCUT2D eigenvalue weighted by molar-refractivity contribution is 6.32. The van der Waals surface area contributed by atoms with Crippen molar-refractivity contribution in [1.29, 1.82) is 0 Å². The number of benzene rings is 2. The number of carboxylic acid groups (broad SMARTS) is 1. The van der Waals surface area contributed by atoms with Gasteiger partial charge in [0.2, 0.25) is 0 Å². The van der Waals surface area contributed by atoms with E-state index in [-0.39, 0.29) is 25.2 Å². The summed E-state index contributed by atoms with van der Waals surface area (Å²) < 4.78 is 37.4. The van der Waals surface area contributed by atoms with Gasteiger partial charge in [0.1, 0.15) is 29.7 Å². The van der Waals surface area contributed by atoms with Crippen LogP contribution in [0.3, 0.4) is 0 Å². The molecule has 4 rings (SSSR count). The number of hydrogen-bond acceptors (Lipinski definition) is 6. The summed E-state index contributed by atoms with van der Waals surface area (Å²) in [5, 5.41) is 22.1. The summed E-state index contributed by atoms with van der Waals surface area (Å²) in [6, 6.07) is 8.33. The van der Waals surface area contributed by atoms with E-state index >= 15 is 0 Å². The first-order chi connectivity index (χ1) is 17.7. The van der Waals surface area contributed by atoms with Crippen LogP contribution in [0, 0.1) is 17.0 Å². The molecule has 1 aliphatic heterocycles. The molecule has 37 heavy (non-hydrogen) atoms. The molecule has 0 radical (unpaired) electrons. The Morgan fingerprint density at radius 3 is 2.51 bits per heavy atom. The van der Waals surface area contributed by atoms with E-state index in [0.717, 1.165) is 18.2 Å². The molecule has 2 heterocycles. The lowest BCUT2D eigenvalue weighted by atomic mass is 9.74. The number of carbonyl (C=O) groups is 1. The number of rotatable bonds is 10. The van der Waals surface area contributed by atoms with Crippen molar-refractivity contribution in [2.45, 2.75) is 31.8 Å². The monoisotopic (exact) mass is 534 g/mol. The van der Waals surface area contributed by atoms with Crippen LogP contribution in [0.2, 0.25) is 5.02 Å². The molecule has 198 valence electrons. The molecule has 0 aliphatic carbocycles. The Morgan fingerprint density at radius 2 is 1.86 bits per heavy atom. The molecule has 1 aromatic heterocycles. The Hall–Kier alpha value is -3.01. The number of ether oxygens (including phenoxy) is 2. The Bertz CT molecular complexity index is 1250. The lowest BCUT2D eigenvalue weighted by molar-refractivity contribution is -0.153. The third-order valence-electron chi connectivity index (χ3n) is 7.08. The molecule has 10 heteroatoms. The van der Waals surface area contributed by atoms with Crippen molar-refractivity contribution in [3.8, 4) is 11.5 Å². The van der Waals surface area contributed by atoms with E-state index in [4.69, 9.17) is 21.1 Å². The number of carboxylic acids is 1. The zero-order chi connectivity index (χ0) is 26.6. The van der Waals surface area contributed by atoms with Gasteiger partial charge in [-0.2, -0.15) is 0 Å². The summed E-state index contributed by atoms with van der Waals surface area (Å²) in [6.07, 6.45) is 1.82. The summed E-state index contributed by atoms with van der Waals surface area (Å²) in [5.74, 6) is -1.59. The molecular formula is C27H29ClF2N2O5. The van der Waals surface area contributed by atoms with Crippen LogP contribution in [0.15, 0.2) is 42.6 Å². The number of methoxy groups -OCH3 is 1. The summed E-state index contributed by atoms with van der Waals surface area (Å²) in [6.45, 7) is 1.77. The van der Waals surface area contributed by atoms with Gasteiger partial charge in [-0.15, -0.1) is 0 Å². The van der Waals surface area contributed by atoms with Gasteiger partial charge in [-0.1, -0.05) is 11.6 Å². The van der Waals surface area contributed by atoms with E-state index in [0.29, 0.717) is 59.7 Å². The molecule has 1 aliphatic rings. The van der Waals surface area contributed by atoms with Gasteiger partial charge in [-0.3, -0.25) is 14.7 Å². The second-order valence-corrected chi connectivity index (χ2v) is 9.75. The number of likely N-dealkylation sites (tertiary alicyclic amines) is 1. The van der Waals surface area contributed by atoms with Crippen LogP contribution in [0.4, 0.5) is 8.78 Å². The van der Waals surface area contributed by atoms with Crippen LogP contribution in [-0.4, -0.2) is 59.4 Å². The van der Waals surface area contributed by atoms with Crippen molar-refractivity contribution in [3.63, 3.8) is 0 Å². The zero-order valence-electron chi connectivity index (χ0n) is 20.4. The fourth-order valence-corrected chi connectivity index (χ4v) is 5.15. The molecule has 0 bridgehead atoms. The number of aromatic nitrogens is 1. The average Bonchev–Trinajstić information content (AvgIpc) is 2.87. The smallest absolute Gasteiger partial charge is 0.309 e. The fourth-order valence-electron chi connectivity index (χ4n) is 4.87. The molecule has 0 unspecified atom stereocenters. The van der Waals surface area contributed by atoms with Gasteiger partial charge in [0, 0.05) is 41.9 Å². The Kier molecular flexibility index (Phi) is 8.46. The summed E-state index contributed by atoms with van der Waals surface area (Å²) in [5.41, 5.74) is 0.190. The molecule has 2 N–H and O–H groups in total. The lowest BCUT2D eigenvalue weighted by Crippen LogP contribution is -2.45. The summed E-state index contributed by atoms with van der Waals surface area (Å²) in [7, 11) is 1.55. The SMILES string of the molecule is COc1ccc2ncc(Cl)c([C@@H](O)CCC3(C(=O)O)CCN(CCOc4cc(F)cc(F)c4)CC3)c2c1. The van der Waals surface area contributed by atoms with Crippen LogP contribution in [0.25, 0.3) is 10.9 Å². The molecule has 1 saturated heterocycles. The normalized spacial score (nSPS) is 16.5. The van der Waals surface area contributed by atoms with E-state index < -0.39 is 29.1 Å². The van der Waals surface area contributed by atoms with Crippen LogP contribution in [0.1, 0.15) is 37.4 Å². The average molecular weight is 535 g/mol. The van der Waals surface area contributed by atoms with Gasteiger partial charge in [-0.05, 0) is 57.0 Å². The van der Waals surface area contributed by atoms with Gasteiger partial charge in [0.05, 0.1) is 29.2 Å². The second-order valence-electron chi connectivity index (χ2n) is 9.34. The third kappa shape index (κ3) is 6.29. The Morgan fingerprint density at radius 1 is 1.16 bits per heavy atom. The highest BCUT2D eigenvalue weighted by atomic mass is 35.5. The number of nitrogens with zero attached hydrogens (tertiary/aromatic N) is 2. The molecule has 7 nitrogen and oxygen atoms in total. The van der Waals surface area contributed by atoms with E-state index in [1.807, 2.05) is 0 Å². The summed E-state index contributed by atoms with van der Waals surface area (Å²) >= 11 is 6.40. The van der Waals surface area contributed by atoms with E-state index in [1.165, 1.54) is 6.20 Å². The van der Waals surface area contributed by atoms with Crippen LogP contribution in [0.5, 0.6) is 11.5 Å². The van der Waals surface area contributed by atoms with E-state index in [1.54, 1.807) is 25.3 Å². The Balaban J connectivity index is 1.37. The number of fused-ring (bicyclic) bond motifs is 1. The van der Waals surface area contributed by atoms with Crippen molar-refractivity contribution in [2.75, 3.05) is 33.4 Å². The van der Waals surface area contributed by atoms with Gasteiger partial charge < -0.3 is 19.7 Å². The van der Waals surface area contributed by atoms with Gasteiger partial charge >= 0.3 is 5.97 Å². The molecular weight excluding hydrogens is 506 g/mol. The molecule has 2 aromatic carbocycles. The minimum absolute atomic E-state index is 0.114. The molecule has 1 atom stereocenters. The maximum Gasteiger partial charge on any atom is 0.309 e. The Labute approximate surface area is 218 Å². The standard InChI is InChI=1S/C27H29ClF2N2O5/c1-36-19-2-3-23-21(15-19)25(22(28)16-31-23)24(33)4-5-27(26(34)35)6-8-32(9-7-27)10-11-37-20-13-17(29)12-18(30)14-20/h2-3,12-16,24,33H,4-11H2,1H3,(H,34,35)/t24-/m0/s1. The topological polar surface area (TPSA) is 92.1 Å².